The molecule has 0 saturated carbocycles. The van der Waals surface area contributed by atoms with Gasteiger partial charge in [0.1, 0.15) is 5.82 Å². The van der Waals surface area contributed by atoms with Crippen molar-refractivity contribution < 1.29 is 4.39 Å². The lowest BCUT2D eigenvalue weighted by molar-refractivity contribution is 0.626. The largest absolute Gasteiger partial charge is 0.326 e. The van der Waals surface area contributed by atoms with Crippen LogP contribution in [0.3, 0.4) is 0 Å². The summed E-state index contributed by atoms with van der Waals surface area (Å²) < 4.78 is 14.7. The van der Waals surface area contributed by atoms with E-state index in [9.17, 15) is 9.18 Å². The Bertz CT molecular complexity index is 1050. The minimum absolute atomic E-state index is 0.167. The zero-order chi connectivity index (χ0) is 16.5. The lowest BCUT2D eigenvalue weighted by atomic mass is 10.1. The minimum Gasteiger partial charge on any atom is -0.306 e. The summed E-state index contributed by atoms with van der Waals surface area (Å²) in [6.45, 7) is 0.407. The number of nitrogens with zero attached hydrogens (tertiary/aromatic N) is 1. The van der Waals surface area contributed by atoms with Crippen LogP contribution < -0.4 is 5.69 Å². The maximum atomic E-state index is 13.0. The summed E-state index contributed by atoms with van der Waals surface area (Å²) in [7, 11) is 0. The van der Waals surface area contributed by atoms with Gasteiger partial charge in [-0.2, -0.15) is 0 Å². The Morgan fingerprint density at radius 1 is 0.875 bits per heavy atom. The molecule has 0 saturated heterocycles. The van der Waals surface area contributed by atoms with Gasteiger partial charge in [-0.05, 0) is 41.0 Å². The van der Waals surface area contributed by atoms with Gasteiger partial charge in [-0.25, -0.2) is 9.18 Å². The minimum atomic E-state index is -0.280. The standard InChI is InChI=1S/C20H15FN2O/c21-17-9-6-14(7-10-17)13-23-19-11-8-16(12-18(19)22-20(23)24)15-4-2-1-3-5-15/h1-12H,13H2,(H,22,24). The third kappa shape index (κ3) is 2.63. The Morgan fingerprint density at radius 3 is 2.38 bits per heavy atom. The molecule has 0 fully saturated rings. The van der Waals surface area contributed by atoms with Crippen molar-refractivity contribution >= 4 is 11.0 Å². The van der Waals surface area contributed by atoms with Gasteiger partial charge in [-0.15, -0.1) is 0 Å². The van der Waals surface area contributed by atoms with Crippen molar-refractivity contribution in [2.45, 2.75) is 6.54 Å². The molecule has 0 aliphatic heterocycles. The van der Waals surface area contributed by atoms with E-state index >= 15 is 0 Å². The highest BCUT2D eigenvalue weighted by molar-refractivity contribution is 5.82. The average Bonchev–Trinajstić information content (AvgIpc) is 2.92. The fraction of sp³-hybridized carbons (Fsp3) is 0.0500. The average molecular weight is 318 g/mol. The molecule has 0 bridgehead atoms. The van der Waals surface area contributed by atoms with Gasteiger partial charge in [0.15, 0.2) is 0 Å². The summed E-state index contributed by atoms with van der Waals surface area (Å²) >= 11 is 0. The molecule has 1 N–H and O–H groups in total. The summed E-state index contributed by atoms with van der Waals surface area (Å²) in [4.78, 5) is 15.2. The topological polar surface area (TPSA) is 37.8 Å². The molecule has 0 unspecified atom stereocenters. The molecule has 3 nitrogen and oxygen atoms in total. The monoisotopic (exact) mass is 318 g/mol. The van der Waals surface area contributed by atoms with Crippen LogP contribution in [0.1, 0.15) is 5.56 Å². The number of fused-ring (bicyclic) bond motifs is 1. The molecular weight excluding hydrogens is 303 g/mol. The summed E-state index contributed by atoms with van der Waals surface area (Å²) in [6.07, 6.45) is 0. The van der Waals surface area contributed by atoms with Crippen molar-refractivity contribution in [3.8, 4) is 11.1 Å². The molecule has 0 radical (unpaired) electrons. The van der Waals surface area contributed by atoms with Crippen LogP contribution >= 0.6 is 0 Å². The van der Waals surface area contributed by atoms with Gasteiger partial charge in [-0.3, -0.25) is 4.57 Å². The third-order valence-electron chi connectivity index (χ3n) is 4.14. The molecule has 118 valence electrons. The summed E-state index contributed by atoms with van der Waals surface area (Å²) in [6, 6.07) is 22.2. The van der Waals surface area contributed by atoms with Crippen LogP contribution in [0.5, 0.6) is 0 Å². The zero-order valence-corrected chi connectivity index (χ0v) is 12.9. The van der Waals surface area contributed by atoms with E-state index in [2.05, 4.69) is 4.98 Å². The maximum absolute atomic E-state index is 13.0. The van der Waals surface area contributed by atoms with Gasteiger partial charge in [-0.1, -0.05) is 48.5 Å². The second-order valence-electron chi connectivity index (χ2n) is 5.74. The summed E-state index contributed by atoms with van der Waals surface area (Å²) in [5, 5.41) is 0. The highest BCUT2D eigenvalue weighted by atomic mass is 19.1. The van der Waals surface area contributed by atoms with E-state index in [4.69, 9.17) is 0 Å². The number of hydrogen-bond donors (Lipinski definition) is 1. The Hall–Kier alpha value is -3.14. The van der Waals surface area contributed by atoms with Crippen LogP contribution in [0.4, 0.5) is 4.39 Å². The lowest BCUT2D eigenvalue weighted by Gasteiger charge is -2.05. The fourth-order valence-electron chi connectivity index (χ4n) is 2.90. The quantitative estimate of drug-likeness (QED) is 0.604. The van der Waals surface area contributed by atoms with Crippen molar-refractivity contribution in [2.24, 2.45) is 0 Å². The first-order valence-corrected chi connectivity index (χ1v) is 7.73. The van der Waals surface area contributed by atoms with Gasteiger partial charge >= 0.3 is 5.69 Å². The van der Waals surface area contributed by atoms with Crippen LogP contribution in [0.15, 0.2) is 77.6 Å². The Balaban J connectivity index is 1.76. The first-order valence-electron chi connectivity index (χ1n) is 7.73. The summed E-state index contributed by atoms with van der Waals surface area (Å²) in [5.41, 5.74) is 4.50. The Labute approximate surface area is 138 Å². The normalized spacial score (nSPS) is 11.0. The van der Waals surface area contributed by atoms with Gasteiger partial charge in [0, 0.05) is 0 Å². The van der Waals surface area contributed by atoms with Crippen LogP contribution in [0.2, 0.25) is 0 Å². The first kappa shape index (κ1) is 14.5. The number of aromatic amines is 1. The Morgan fingerprint density at radius 2 is 1.62 bits per heavy atom. The highest BCUT2D eigenvalue weighted by Crippen LogP contribution is 2.23. The van der Waals surface area contributed by atoms with Crippen LogP contribution in [0.25, 0.3) is 22.2 Å². The molecular formula is C20H15FN2O. The predicted octanol–water partition coefficient (Wildman–Crippen LogP) is 4.18. The smallest absolute Gasteiger partial charge is 0.306 e. The maximum Gasteiger partial charge on any atom is 0.326 e. The number of benzene rings is 3. The van der Waals surface area contributed by atoms with Crippen molar-refractivity contribution in [1.82, 2.24) is 9.55 Å². The van der Waals surface area contributed by atoms with E-state index in [-0.39, 0.29) is 11.5 Å². The molecule has 4 heteroatoms. The summed E-state index contributed by atoms with van der Waals surface area (Å²) in [5.74, 6) is -0.280. The van der Waals surface area contributed by atoms with Crippen LogP contribution in [-0.4, -0.2) is 9.55 Å². The number of imidazole rings is 1. The van der Waals surface area contributed by atoms with Crippen LogP contribution in [-0.2, 0) is 6.54 Å². The van der Waals surface area contributed by atoms with Gasteiger partial charge in [0.05, 0.1) is 17.6 Å². The number of hydrogen-bond acceptors (Lipinski definition) is 1. The van der Waals surface area contributed by atoms with E-state index in [1.807, 2.05) is 48.5 Å². The first-order chi connectivity index (χ1) is 11.7. The molecule has 0 spiro atoms. The van der Waals surface area contributed by atoms with Crippen molar-refractivity contribution in [1.29, 1.82) is 0 Å². The molecule has 3 aromatic carbocycles. The molecule has 1 aromatic heterocycles. The number of rotatable bonds is 3. The number of aromatic nitrogens is 2. The molecule has 0 aliphatic carbocycles. The van der Waals surface area contributed by atoms with Crippen molar-refractivity contribution in [3.63, 3.8) is 0 Å². The molecule has 0 amide bonds. The van der Waals surface area contributed by atoms with Gasteiger partial charge < -0.3 is 4.98 Å². The van der Waals surface area contributed by atoms with Gasteiger partial charge in [0.25, 0.3) is 0 Å². The molecule has 4 rings (SSSR count). The van der Waals surface area contributed by atoms with E-state index in [1.165, 1.54) is 12.1 Å². The second kappa shape index (κ2) is 5.81. The van der Waals surface area contributed by atoms with E-state index in [0.717, 1.165) is 27.7 Å². The number of nitrogens with one attached hydrogen (secondary N) is 1. The SMILES string of the molecule is O=c1[nH]c2cc(-c3ccccc3)ccc2n1Cc1ccc(F)cc1. The Kier molecular flexibility index (Phi) is 3.50. The number of H-pyrrole nitrogens is 1. The molecule has 1 heterocycles. The van der Waals surface area contributed by atoms with E-state index in [1.54, 1.807) is 16.7 Å². The fourth-order valence-corrected chi connectivity index (χ4v) is 2.90. The van der Waals surface area contributed by atoms with Crippen LogP contribution in [0, 0.1) is 5.82 Å². The van der Waals surface area contributed by atoms with Crippen molar-refractivity contribution in [2.75, 3.05) is 0 Å². The molecule has 24 heavy (non-hydrogen) atoms. The van der Waals surface area contributed by atoms with Crippen molar-refractivity contribution in [3.05, 3.63) is 94.7 Å². The predicted molar refractivity (Wildman–Crippen MR) is 93.5 cm³/mol. The lowest BCUT2D eigenvalue weighted by Crippen LogP contribution is -2.17. The second-order valence-corrected chi connectivity index (χ2v) is 5.74. The van der Waals surface area contributed by atoms with Gasteiger partial charge in [0.2, 0.25) is 0 Å². The molecule has 0 aliphatic rings. The molecule has 0 atom stereocenters. The van der Waals surface area contributed by atoms with E-state index in [0.29, 0.717) is 6.54 Å². The number of halogens is 1. The zero-order valence-electron chi connectivity index (χ0n) is 12.9. The third-order valence-corrected chi connectivity index (χ3v) is 4.14. The van der Waals surface area contributed by atoms with E-state index < -0.39 is 0 Å². The highest BCUT2D eigenvalue weighted by Gasteiger charge is 2.09. The molecule has 4 aromatic rings.